The van der Waals surface area contributed by atoms with Gasteiger partial charge >= 0.3 is 0 Å². The van der Waals surface area contributed by atoms with E-state index in [1.807, 2.05) is 5.38 Å². The Morgan fingerprint density at radius 1 is 1.35 bits per heavy atom. The highest BCUT2D eigenvalue weighted by Gasteiger charge is 2.07. The van der Waals surface area contributed by atoms with E-state index in [9.17, 15) is 0 Å². The monoisotopic (exact) mass is 247 g/mol. The number of aryl methyl sites for hydroxylation is 2. The van der Waals surface area contributed by atoms with Gasteiger partial charge in [-0.3, -0.25) is 0 Å². The summed E-state index contributed by atoms with van der Waals surface area (Å²) in [5.74, 6) is 0. The van der Waals surface area contributed by atoms with Gasteiger partial charge in [0.2, 0.25) is 0 Å². The van der Waals surface area contributed by atoms with Crippen LogP contribution in [0.25, 0.3) is 0 Å². The maximum atomic E-state index is 5.63. The second kappa shape index (κ2) is 4.75. The van der Waals surface area contributed by atoms with Crippen molar-refractivity contribution in [2.45, 2.75) is 20.4 Å². The van der Waals surface area contributed by atoms with Crippen molar-refractivity contribution in [2.24, 2.45) is 0 Å². The predicted molar refractivity (Wildman–Crippen MR) is 74.5 cm³/mol. The van der Waals surface area contributed by atoms with Gasteiger partial charge in [0, 0.05) is 18.1 Å². The number of aromatic nitrogens is 1. The summed E-state index contributed by atoms with van der Waals surface area (Å²) in [6.07, 6.45) is 0. The molecule has 0 unspecified atom stereocenters. The van der Waals surface area contributed by atoms with Crippen LogP contribution < -0.4 is 10.6 Å². The lowest BCUT2D eigenvalue weighted by molar-refractivity contribution is 0.891. The number of hydrogen-bond acceptors (Lipinski definition) is 4. The van der Waals surface area contributed by atoms with Crippen LogP contribution in [-0.4, -0.2) is 12.0 Å². The van der Waals surface area contributed by atoms with E-state index in [2.05, 4.69) is 49.0 Å². The highest BCUT2D eigenvalue weighted by molar-refractivity contribution is 7.13. The molecule has 4 heteroatoms. The third-order valence-electron chi connectivity index (χ3n) is 2.73. The molecule has 0 fully saturated rings. The van der Waals surface area contributed by atoms with Crippen molar-refractivity contribution >= 4 is 22.2 Å². The number of rotatable bonds is 3. The van der Waals surface area contributed by atoms with Gasteiger partial charge in [-0.1, -0.05) is 17.7 Å². The number of nitrogens with two attached hydrogens (primary N) is 1. The first kappa shape index (κ1) is 11.9. The molecular weight excluding hydrogens is 230 g/mol. The number of nitrogen functional groups attached to an aromatic ring is 1. The molecule has 2 aromatic rings. The van der Waals surface area contributed by atoms with E-state index in [0.717, 1.165) is 12.2 Å². The molecule has 2 N–H and O–H groups in total. The van der Waals surface area contributed by atoms with Gasteiger partial charge in [0.1, 0.15) is 0 Å². The molecule has 0 aliphatic carbocycles. The Bertz CT molecular complexity index is 519. The molecule has 0 radical (unpaired) electrons. The van der Waals surface area contributed by atoms with Gasteiger partial charge in [-0.05, 0) is 25.5 Å². The second-order valence-electron chi connectivity index (χ2n) is 4.32. The molecule has 0 bridgehead atoms. The Kier molecular flexibility index (Phi) is 3.33. The summed E-state index contributed by atoms with van der Waals surface area (Å²) < 4.78 is 0. The van der Waals surface area contributed by atoms with Gasteiger partial charge in [-0.2, -0.15) is 0 Å². The van der Waals surface area contributed by atoms with E-state index in [1.54, 1.807) is 0 Å². The average Bonchev–Trinajstić information content (AvgIpc) is 2.63. The number of benzene rings is 1. The number of hydrogen-bond donors (Lipinski definition) is 1. The summed E-state index contributed by atoms with van der Waals surface area (Å²) in [7, 11) is 2.08. The van der Waals surface area contributed by atoms with Gasteiger partial charge in [-0.15, -0.1) is 11.3 Å². The van der Waals surface area contributed by atoms with Gasteiger partial charge in [0.25, 0.3) is 0 Å². The molecule has 17 heavy (non-hydrogen) atoms. The molecule has 0 amide bonds. The minimum absolute atomic E-state index is 0.633. The lowest BCUT2D eigenvalue weighted by Crippen LogP contribution is -2.17. The van der Waals surface area contributed by atoms with Crippen LogP contribution in [0.4, 0.5) is 10.8 Å². The first-order valence-electron chi connectivity index (χ1n) is 5.54. The van der Waals surface area contributed by atoms with Crippen molar-refractivity contribution < 1.29 is 0 Å². The molecule has 3 nitrogen and oxygen atoms in total. The van der Waals surface area contributed by atoms with E-state index in [1.165, 1.54) is 28.2 Å². The maximum Gasteiger partial charge on any atom is 0.180 e. The smallest absolute Gasteiger partial charge is 0.180 e. The molecule has 90 valence electrons. The van der Waals surface area contributed by atoms with Crippen LogP contribution in [0.3, 0.4) is 0 Å². The van der Waals surface area contributed by atoms with Crippen molar-refractivity contribution in [3.8, 4) is 0 Å². The summed E-state index contributed by atoms with van der Waals surface area (Å²) in [5.41, 5.74) is 10.5. The van der Waals surface area contributed by atoms with Crippen LogP contribution in [0, 0.1) is 13.8 Å². The van der Waals surface area contributed by atoms with Crippen molar-refractivity contribution in [3.05, 3.63) is 40.4 Å². The summed E-state index contributed by atoms with van der Waals surface area (Å²) in [6, 6.07) is 6.48. The summed E-state index contributed by atoms with van der Waals surface area (Å²) in [6.45, 7) is 5.03. The zero-order valence-corrected chi connectivity index (χ0v) is 11.2. The zero-order chi connectivity index (χ0) is 12.4. The molecule has 1 heterocycles. The molecule has 1 aromatic carbocycles. The summed E-state index contributed by atoms with van der Waals surface area (Å²) in [5, 5.41) is 2.64. The summed E-state index contributed by atoms with van der Waals surface area (Å²) >= 11 is 1.49. The van der Waals surface area contributed by atoms with Crippen molar-refractivity contribution in [2.75, 3.05) is 17.7 Å². The first-order chi connectivity index (χ1) is 8.06. The van der Waals surface area contributed by atoms with Crippen LogP contribution in [0.15, 0.2) is 23.6 Å². The normalized spacial score (nSPS) is 10.5. The second-order valence-corrected chi connectivity index (χ2v) is 5.21. The highest BCUT2D eigenvalue weighted by Crippen LogP contribution is 2.22. The molecule has 0 saturated heterocycles. The van der Waals surface area contributed by atoms with Gasteiger partial charge in [0.15, 0.2) is 5.13 Å². The minimum atomic E-state index is 0.633. The Hall–Kier alpha value is -1.55. The van der Waals surface area contributed by atoms with E-state index < -0.39 is 0 Å². The Balaban J connectivity index is 2.17. The van der Waals surface area contributed by atoms with E-state index >= 15 is 0 Å². The van der Waals surface area contributed by atoms with Crippen LogP contribution in [-0.2, 0) is 6.54 Å². The lowest BCUT2D eigenvalue weighted by atomic mass is 10.1. The largest absolute Gasteiger partial charge is 0.375 e. The molecule has 0 aliphatic rings. The SMILES string of the molecule is Cc1ccc(N(C)Cc2csc(N)n2)c(C)c1. The van der Waals surface area contributed by atoms with E-state index in [0.29, 0.717) is 5.13 Å². The van der Waals surface area contributed by atoms with Crippen LogP contribution in [0.2, 0.25) is 0 Å². The Labute approximate surface area is 106 Å². The lowest BCUT2D eigenvalue weighted by Gasteiger charge is -2.20. The third-order valence-corrected chi connectivity index (χ3v) is 3.45. The van der Waals surface area contributed by atoms with Crippen LogP contribution >= 0.6 is 11.3 Å². The Morgan fingerprint density at radius 3 is 2.71 bits per heavy atom. The first-order valence-corrected chi connectivity index (χ1v) is 6.42. The number of anilines is 2. The average molecular weight is 247 g/mol. The fourth-order valence-corrected chi connectivity index (χ4v) is 2.51. The van der Waals surface area contributed by atoms with Crippen molar-refractivity contribution in [1.82, 2.24) is 4.98 Å². The van der Waals surface area contributed by atoms with Gasteiger partial charge < -0.3 is 10.6 Å². The van der Waals surface area contributed by atoms with Gasteiger partial charge in [-0.25, -0.2) is 4.98 Å². The molecule has 0 aliphatic heterocycles. The highest BCUT2D eigenvalue weighted by atomic mass is 32.1. The third kappa shape index (κ3) is 2.77. The van der Waals surface area contributed by atoms with Crippen molar-refractivity contribution in [1.29, 1.82) is 0 Å². The van der Waals surface area contributed by atoms with Crippen molar-refractivity contribution in [3.63, 3.8) is 0 Å². The number of nitrogens with zero attached hydrogens (tertiary/aromatic N) is 2. The fourth-order valence-electron chi connectivity index (χ4n) is 1.96. The van der Waals surface area contributed by atoms with E-state index in [4.69, 9.17) is 5.73 Å². The fraction of sp³-hybridized carbons (Fsp3) is 0.308. The Morgan fingerprint density at radius 2 is 2.12 bits per heavy atom. The quantitative estimate of drug-likeness (QED) is 0.906. The topological polar surface area (TPSA) is 42.1 Å². The molecular formula is C13H17N3S. The molecule has 0 saturated carbocycles. The zero-order valence-electron chi connectivity index (χ0n) is 10.4. The minimum Gasteiger partial charge on any atom is -0.375 e. The standard InChI is InChI=1S/C13H17N3S/c1-9-4-5-12(10(2)6-9)16(3)7-11-8-17-13(14)15-11/h4-6,8H,7H2,1-3H3,(H2,14,15). The van der Waals surface area contributed by atoms with Gasteiger partial charge in [0.05, 0.1) is 12.2 Å². The molecule has 2 rings (SSSR count). The number of thiazole rings is 1. The van der Waals surface area contributed by atoms with Crippen LogP contribution in [0.5, 0.6) is 0 Å². The predicted octanol–water partition coefficient (Wildman–Crippen LogP) is 2.98. The molecule has 1 aromatic heterocycles. The van der Waals surface area contributed by atoms with Crippen LogP contribution in [0.1, 0.15) is 16.8 Å². The summed E-state index contributed by atoms with van der Waals surface area (Å²) in [4.78, 5) is 6.48. The maximum absolute atomic E-state index is 5.63. The molecule has 0 atom stereocenters. The molecule has 0 spiro atoms. The van der Waals surface area contributed by atoms with E-state index in [-0.39, 0.29) is 0 Å².